The van der Waals surface area contributed by atoms with Gasteiger partial charge in [-0.25, -0.2) is 0 Å². The zero-order valence-electron chi connectivity index (χ0n) is 68.9. The molecule has 0 N–H and O–H groups in total. The first kappa shape index (κ1) is 82.5. The smallest absolute Gasteiger partial charge is 0.127 e. The summed E-state index contributed by atoms with van der Waals surface area (Å²) in [6.07, 6.45) is 0. The molecule has 6 heteroatoms. The quantitative estimate of drug-likeness (QED) is 0.122. The normalized spacial score (nSPS) is 13.0. The maximum Gasteiger partial charge on any atom is 0.138 e. The Morgan fingerprint density at radius 3 is 0.561 bits per heavy atom. The van der Waals surface area contributed by atoms with Crippen LogP contribution < -0.4 is 0 Å². The van der Waals surface area contributed by atoms with Crippen LogP contribution in [-0.2, 0) is 21.7 Å². The van der Waals surface area contributed by atoms with Crippen molar-refractivity contribution in [3.05, 3.63) is 151 Å². The number of rotatable bonds is 2. The molecule has 0 nitrogen and oxygen atoms in total. The fraction of sp³-hybridized carbons (Fsp3) is 0.500. The molecule has 0 aliphatic rings. The van der Waals surface area contributed by atoms with Gasteiger partial charge >= 0.3 is 0 Å². The molecule has 5 aromatic rings. The van der Waals surface area contributed by atoms with Crippen molar-refractivity contribution in [2.75, 3.05) is 0 Å². The molecule has 518 valence electrons. The molecule has 0 atom stereocenters. The van der Waals surface area contributed by atoms with Crippen LogP contribution >= 0.6 is 0 Å². The molecule has 0 saturated heterocycles. The maximum atomic E-state index is 3.94. The van der Waals surface area contributed by atoms with Gasteiger partial charge in [0.1, 0.15) is 48.4 Å². The zero-order chi connectivity index (χ0) is 75.2. The molecule has 0 amide bonds. The van der Waals surface area contributed by atoms with Crippen LogP contribution in [0.1, 0.15) is 244 Å². The standard InChI is InChI=1S/C92H126Si6/c1-85(2,3)79-59-77(60-80(65-79)86(4,5)6)83-63-73(45-51-95(31,32)89(13,14)15)69(57-75(83)47-53-97(35,36)91(19,20)21)41-39-67-55-72(44-50-94(28,29)30)68(56-71(67)43-49-93(25,26)27)40-42-70-58-76(48-54-98(37,38)92(22,23)24)84(64-74(70)46-52-96(33,34)90(16,17)18)78-61-81(87(7,8)9)66-82(62-78)88(10,11)12/h55-66H,1-38H3. The molecule has 0 saturated carbocycles. The highest BCUT2D eigenvalue weighted by atomic mass is 28.3. The van der Waals surface area contributed by atoms with Gasteiger partial charge in [0, 0.05) is 55.6 Å². The van der Waals surface area contributed by atoms with Crippen LogP contribution in [0.4, 0.5) is 0 Å². The first-order valence-corrected chi connectivity index (χ1v) is 54.9. The van der Waals surface area contributed by atoms with Crippen molar-refractivity contribution in [3.8, 4) is 115 Å². The molecule has 0 fully saturated rings. The van der Waals surface area contributed by atoms with Gasteiger partial charge < -0.3 is 0 Å². The Labute approximate surface area is 609 Å². The van der Waals surface area contributed by atoms with Gasteiger partial charge in [-0.05, 0) is 123 Å². The summed E-state index contributed by atoms with van der Waals surface area (Å²) in [4.78, 5) is 0. The molecular formula is C92H126Si6. The lowest BCUT2D eigenvalue weighted by molar-refractivity contribution is 0.568. The number of hydrogen-bond acceptors (Lipinski definition) is 0. The summed E-state index contributed by atoms with van der Waals surface area (Å²) in [5.41, 5.74) is 41.4. The average molecular weight is 1400 g/mol. The third-order valence-corrected chi connectivity index (χ3v) is 40.5. The lowest BCUT2D eigenvalue weighted by Crippen LogP contribution is -2.35. The minimum absolute atomic E-state index is 0.0488. The van der Waals surface area contributed by atoms with Gasteiger partial charge in [-0.2, -0.15) is 0 Å². The lowest BCUT2D eigenvalue weighted by Gasteiger charge is -2.31. The van der Waals surface area contributed by atoms with Gasteiger partial charge in [0.25, 0.3) is 0 Å². The molecular weight excluding hydrogens is 1270 g/mol. The van der Waals surface area contributed by atoms with E-state index in [1.54, 1.807) is 0 Å². The van der Waals surface area contributed by atoms with Crippen molar-refractivity contribution >= 4 is 48.4 Å². The SMILES string of the molecule is CC(C)(C)c1cc(-c2cc(C#C[Si](C)(C)C(C)(C)C)c(C#Cc3cc(C#C[Si](C)(C)C)c(C#Cc4cc(C#C[Si](C)(C)C(C)(C)C)c(-c5cc(C(C)(C)C)cc(C(C)(C)C)c5)cc4C#C[Si](C)(C)C(C)(C)C)cc3C#C[Si](C)(C)C)cc2C#C[Si](C)(C)C(C)(C)C)cc(C(C)(C)C)c1. The van der Waals surface area contributed by atoms with E-state index in [0.717, 1.165) is 77.9 Å². The third kappa shape index (κ3) is 21.9. The van der Waals surface area contributed by atoms with Crippen LogP contribution in [0.25, 0.3) is 22.3 Å². The Bertz CT molecular complexity index is 4080. The molecule has 5 aromatic carbocycles. The van der Waals surface area contributed by atoms with Gasteiger partial charge in [-0.15, -0.1) is 33.3 Å². The summed E-state index contributed by atoms with van der Waals surface area (Å²) in [6.45, 7) is 88.8. The van der Waals surface area contributed by atoms with Crippen LogP contribution in [0.15, 0.2) is 72.8 Å². The first-order chi connectivity index (χ1) is 43.8. The topological polar surface area (TPSA) is 0 Å². The summed E-state index contributed by atoms with van der Waals surface area (Å²) in [5.74, 6) is 38.1. The molecule has 0 aliphatic heterocycles. The zero-order valence-corrected chi connectivity index (χ0v) is 74.9. The van der Waals surface area contributed by atoms with Crippen molar-refractivity contribution in [1.82, 2.24) is 0 Å². The van der Waals surface area contributed by atoms with E-state index < -0.39 is 48.4 Å². The van der Waals surface area contributed by atoms with Gasteiger partial charge in [0.15, 0.2) is 0 Å². The van der Waals surface area contributed by atoms with Crippen molar-refractivity contribution in [3.63, 3.8) is 0 Å². The second kappa shape index (κ2) is 28.7. The highest BCUT2D eigenvalue weighted by Crippen LogP contribution is 2.42. The minimum atomic E-state index is -2.11. The number of benzene rings is 5. The van der Waals surface area contributed by atoms with Crippen LogP contribution in [0.2, 0.25) is 112 Å². The monoisotopic (exact) mass is 1400 g/mol. The largest absolute Gasteiger partial charge is 0.138 e. The Morgan fingerprint density at radius 1 is 0.194 bits per heavy atom. The molecule has 0 unspecified atom stereocenters. The molecule has 0 heterocycles. The van der Waals surface area contributed by atoms with Crippen LogP contribution in [-0.4, -0.2) is 48.4 Å². The molecule has 0 spiro atoms. The Hall–Kier alpha value is -6.12. The van der Waals surface area contributed by atoms with E-state index in [2.05, 4.69) is 423 Å². The van der Waals surface area contributed by atoms with Gasteiger partial charge in [0.2, 0.25) is 0 Å². The highest BCUT2D eigenvalue weighted by molar-refractivity contribution is 6.89. The van der Waals surface area contributed by atoms with Gasteiger partial charge in [-0.3, -0.25) is 0 Å². The van der Waals surface area contributed by atoms with Crippen molar-refractivity contribution in [2.24, 2.45) is 0 Å². The van der Waals surface area contributed by atoms with Crippen LogP contribution in [0.3, 0.4) is 0 Å². The first-order valence-electron chi connectivity index (χ1n) is 35.9. The summed E-state index contributed by atoms with van der Waals surface area (Å²) in [5, 5.41) is 0.222. The Balaban J connectivity index is 2.08. The molecule has 0 radical (unpaired) electrons. The maximum absolute atomic E-state index is 3.94. The average Bonchev–Trinajstić information content (AvgIpc) is 0.776. The summed E-state index contributed by atoms with van der Waals surface area (Å²) < 4.78 is 0. The fourth-order valence-corrected chi connectivity index (χ4v) is 13.3. The second-order valence-corrected chi connectivity index (χ2v) is 69.9. The molecule has 0 aliphatic carbocycles. The summed E-state index contributed by atoms with van der Waals surface area (Å²) in [7, 11) is -12.2. The molecule has 98 heavy (non-hydrogen) atoms. The van der Waals surface area contributed by atoms with Crippen molar-refractivity contribution in [2.45, 2.75) is 300 Å². The van der Waals surface area contributed by atoms with Crippen molar-refractivity contribution < 1.29 is 0 Å². The van der Waals surface area contributed by atoms with Crippen LogP contribution in [0, 0.1) is 92.5 Å². The van der Waals surface area contributed by atoms with Crippen LogP contribution in [0.5, 0.6) is 0 Å². The Morgan fingerprint density at radius 2 is 0.367 bits per heavy atom. The van der Waals surface area contributed by atoms with E-state index in [1.165, 1.54) is 22.3 Å². The van der Waals surface area contributed by atoms with Crippen molar-refractivity contribution in [1.29, 1.82) is 0 Å². The van der Waals surface area contributed by atoms with E-state index >= 15 is 0 Å². The molecule has 0 bridgehead atoms. The van der Waals surface area contributed by atoms with Gasteiger partial charge in [-0.1, -0.05) is 353 Å². The second-order valence-electron chi connectivity index (χ2n) is 40.4. The molecule has 5 rings (SSSR count). The predicted octanol–water partition coefficient (Wildman–Crippen LogP) is 25.1. The van der Waals surface area contributed by atoms with E-state index in [-0.39, 0.29) is 41.8 Å². The van der Waals surface area contributed by atoms with E-state index in [1.807, 2.05) is 0 Å². The summed E-state index contributed by atoms with van der Waals surface area (Å²) >= 11 is 0. The van der Waals surface area contributed by atoms with Gasteiger partial charge in [0.05, 0.1) is 0 Å². The fourth-order valence-electron chi connectivity index (χ4n) is 9.03. The van der Waals surface area contributed by atoms with E-state index in [4.69, 9.17) is 0 Å². The summed E-state index contributed by atoms with van der Waals surface area (Å²) in [6, 6.07) is 27.9. The minimum Gasteiger partial charge on any atom is -0.127 e. The predicted molar refractivity (Wildman–Crippen MR) is 454 cm³/mol. The van der Waals surface area contributed by atoms with E-state index in [0.29, 0.717) is 0 Å². The third-order valence-electron chi connectivity index (χ3n) is 20.8. The Kier molecular flexibility index (Phi) is 24.2. The molecule has 0 aromatic heterocycles. The highest BCUT2D eigenvalue weighted by Gasteiger charge is 2.37. The lowest BCUT2D eigenvalue weighted by atomic mass is 9.78. The number of hydrogen-bond donors (Lipinski definition) is 0. The van der Waals surface area contributed by atoms with E-state index in [9.17, 15) is 0 Å².